The summed E-state index contributed by atoms with van der Waals surface area (Å²) in [6, 6.07) is 5.76. The Morgan fingerprint density at radius 1 is 1.36 bits per heavy atom. The summed E-state index contributed by atoms with van der Waals surface area (Å²) in [5.74, 6) is 0.949. The van der Waals surface area contributed by atoms with Crippen LogP contribution in [0.3, 0.4) is 0 Å². The number of benzene rings is 1. The summed E-state index contributed by atoms with van der Waals surface area (Å²) in [6.07, 6.45) is 3.85. The topological polar surface area (TPSA) is 75.0 Å². The Balaban J connectivity index is 0.00000225. The van der Waals surface area contributed by atoms with Gasteiger partial charge in [-0.2, -0.15) is 0 Å². The molecule has 0 saturated carbocycles. The van der Waals surface area contributed by atoms with Crippen LogP contribution in [0.2, 0.25) is 0 Å². The van der Waals surface area contributed by atoms with Crippen LogP contribution in [0, 0.1) is 0 Å². The van der Waals surface area contributed by atoms with E-state index in [4.69, 9.17) is 9.15 Å². The van der Waals surface area contributed by atoms with Crippen LogP contribution in [0.15, 0.2) is 28.9 Å². The van der Waals surface area contributed by atoms with Crippen molar-refractivity contribution in [2.24, 2.45) is 0 Å². The van der Waals surface area contributed by atoms with E-state index in [1.807, 2.05) is 28.0 Å². The molecule has 8 heteroatoms. The van der Waals surface area contributed by atoms with Gasteiger partial charge in [0.1, 0.15) is 11.3 Å². The summed E-state index contributed by atoms with van der Waals surface area (Å²) >= 11 is 0. The molecule has 1 atom stereocenters. The lowest BCUT2D eigenvalue weighted by atomic mass is 10.0. The maximum atomic E-state index is 12.9. The molecular formula is C20H26ClN3O4. The Kier molecular flexibility index (Phi) is 6.46. The predicted octanol–water partition coefficient (Wildman–Crippen LogP) is 1.83. The predicted molar refractivity (Wildman–Crippen MR) is 108 cm³/mol. The van der Waals surface area contributed by atoms with E-state index in [2.05, 4.69) is 5.32 Å². The van der Waals surface area contributed by atoms with Gasteiger partial charge in [0.15, 0.2) is 0 Å². The van der Waals surface area contributed by atoms with Crippen LogP contribution in [0.5, 0.6) is 5.75 Å². The van der Waals surface area contributed by atoms with Gasteiger partial charge in [-0.3, -0.25) is 9.59 Å². The normalized spacial score (nSPS) is 20.2. The molecule has 2 amide bonds. The number of rotatable bonds is 4. The Hall–Kier alpha value is -2.25. The molecule has 2 aliphatic rings. The molecule has 7 nitrogen and oxygen atoms in total. The standard InChI is InChI=1S/C20H25N3O4.ClH/c1-26-16-4-5-17-14(13-27-18(17)10-16)9-19(24)22-7-2-3-15(12-22)23-8-6-21-11-20(23)25;/h4-5,10,13,15,21H,2-3,6-9,11-12H2,1H3;1H. The molecule has 1 N–H and O–H groups in total. The SMILES string of the molecule is COc1ccc2c(CC(=O)N3CCCC(N4CCNCC4=O)C3)coc2c1.Cl. The number of hydrogen-bond acceptors (Lipinski definition) is 5. The van der Waals surface area contributed by atoms with Gasteiger partial charge in [-0.25, -0.2) is 0 Å². The average molecular weight is 408 g/mol. The molecular weight excluding hydrogens is 382 g/mol. The van der Waals surface area contributed by atoms with Gasteiger partial charge in [0.25, 0.3) is 0 Å². The minimum absolute atomic E-state index is 0. The minimum atomic E-state index is 0. The highest BCUT2D eigenvalue weighted by Crippen LogP contribution is 2.27. The number of fused-ring (bicyclic) bond motifs is 1. The van der Waals surface area contributed by atoms with Crippen molar-refractivity contribution in [2.45, 2.75) is 25.3 Å². The summed E-state index contributed by atoms with van der Waals surface area (Å²) in [6.45, 7) is 3.31. The number of carbonyl (C=O) groups excluding carboxylic acids is 2. The van der Waals surface area contributed by atoms with E-state index in [0.29, 0.717) is 19.5 Å². The van der Waals surface area contributed by atoms with Crippen LogP contribution in [0.4, 0.5) is 0 Å². The first-order chi connectivity index (χ1) is 13.2. The molecule has 0 aliphatic carbocycles. The zero-order valence-corrected chi connectivity index (χ0v) is 16.8. The first-order valence-corrected chi connectivity index (χ1v) is 9.48. The highest BCUT2D eigenvalue weighted by Gasteiger charge is 2.31. The number of ether oxygens (including phenoxy) is 1. The molecule has 28 heavy (non-hydrogen) atoms. The van der Waals surface area contributed by atoms with Crippen LogP contribution in [0.25, 0.3) is 11.0 Å². The van der Waals surface area contributed by atoms with E-state index >= 15 is 0 Å². The highest BCUT2D eigenvalue weighted by atomic mass is 35.5. The molecule has 0 bridgehead atoms. The van der Waals surface area contributed by atoms with Crippen LogP contribution >= 0.6 is 12.4 Å². The molecule has 4 rings (SSSR count). The number of piperazine rings is 1. The second kappa shape index (κ2) is 8.84. The van der Waals surface area contributed by atoms with Crippen molar-refractivity contribution in [1.29, 1.82) is 0 Å². The van der Waals surface area contributed by atoms with Crippen molar-refractivity contribution in [3.63, 3.8) is 0 Å². The number of halogens is 1. The molecule has 2 fully saturated rings. The number of carbonyl (C=O) groups is 2. The lowest BCUT2D eigenvalue weighted by Gasteiger charge is -2.41. The minimum Gasteiger partial charge on any atom is -0.497 e. The van der Waals surface area contributed by atoms with E-state index in [0.717, 1.165) is 54.8 Å². The summed E-state index contributed by atoms with van der Waals surface area (Å²) in [4.78, 5) is 28.9. The number of methoxy groups -OCH3 is 1. The number of piperidine rings is 1. The van der Waals surface area contributed by atoms with Crippen LogP contribution < -0.4 is 10.1 Å². The monoisotopic (exact) mass is 407 g/mol. The highest BCUT2D eigenvalue weighted by molar-refractivity contribution is 5.88. The van der Waals surface area contributed by atoms with Crippen molar-refractivity contribution < 1.29 is 18.7 Å². The molecule has 2 saturated heterocycles. The van der Waals surface area contributed by atoms with Gasteiger partial charge in [0.2, 0.25) is 11.8 Å². The number of nitrogens with one attached hydrogen (secondary N) is 1. The van der Waals surface area contributed by atoms with E-state index < -0.39 is 0 Å². The van der Waals surface area contributed by atoms with Gasteiger partial charge in [0, 0.05) is 49.2 Å². The van der Waals surface area contributed by atoms with Crippen molar-refractivity contribution >= 4 is 35.2 Å². The first-order valence-electron chi connectivity index (χ1n) is 9.48. The zero-order valence-electron chi connectivity index (χ0n) is 16.0. The second-order valence-corrected chi connectivity index (χ2v) is 7.20. The number of furan rings is 1. The largest absolute Gasteiger partial charge is 0.497 e. The Labute approximate surface area is 170 Å². The van der Waals surface area contributed by atoms with E-state index in [1.165, 1.54) is 0 Å². The second-order valence-electron chi connectivity index (χ2n) is 7.20. The summed E-state index contributed by atoms with van der Waals surface area (Å²) in [5.41, 5.74) is 1.61. The Bertz CT molecular complexity index is 853. The van der Waals surface area contributed by atoms with Crippen LogP contribution in [0.1, 0.15) is 18.4 Å². The first kappa shape index (κ1) is 20.5. The lowest BCUT2D eigenvalue weighted by Crippen LogP contribution is -2.57. The fourth-order valence-corrected chi connectivity index (χ4v) is 4.05. The van der Waals surface area contributed by atoms with Crippen molar-refractivity contribution in [1.82, 2.24) is 15.1 Å². The van der Waals surface area contributed by atoms with Crippen molar-refractivity contribution in [2.75, 3.05) is 39.8 Å². The van der Waals surface area contributed by atoms with E-state index in [-0.39, 0.29) is 30.3 Å². The van der Waals surface area contributed by atoms with E-state index in [9.17, 15) is 9.59 Å². The maximum Gasteiger partial charge on any atom is 0.236 e. The third kappa shape index (κ3) is 4.10. The zero-order chi connectivity index (χ0) is 18.8. The Morgan fingerprint density at radius 3 is 3.00 bits per heavy atom. The van der Waals surface area contributed by atoms with E-state index in [1.54, 1.807) is 13.4 Å². The Morgan fingerprint density at radius 2 is 2.21 bits per heavy atom. The molecule has 1 aromatic heterocycles. The molecule has 0 spiro atoms. The summed E-state index contributed by atoms with van der Waals surface area (Å²) in [5, 5.41) is 4.04. The van der Waals surface area contributed by atoms with Crippen LogP contribution in [-0.4, -0.2) is 67.5 Å². The number of hydrogen-bond donors (Lipinski definition) is 1. The third-order valence-electron chi connectivity index (χ3n) is 5.52. The molecule has 3 heterocycles. The van der Waals surface area contributed by atoms with Gasteiger partial charge >= 0.3 is 0 Å². The third-order valence-corrected chi connectivity index (χ3v) is 5.52. The molecule has 152 valence electrons. The van der Waals surface area contributed by atoms with Gasteiger partial charge in [-0.1, -0.05) is 0 Å². The van der Waals surface area contributed by atoms with Gasteiger partial charge in [-0.15, -0.1) is 12.4 Å². The number of amides is 2. The van der Waals surface area contributed by atoms with Crippen molar-refractivity contribution in [3.8, 4) is 5.75 Å². The fraction of sp³-hybridized carbons (Fsp3) is 0.500. The van der Waals surface area contributed by atoms with Crippen LogP contribution in [-0.2, 0) is 16.0 Å². The number of nitrogens with zero attached hydrogens (tertiary/aromatic N) is 2. The van der Waals surface area contributed by atoms with Gasteiger partial charge in [0.05, 0.1) is 26.3 Å². The fourth-order valence-electron chi connectivity index (χ4n) is 4.05. The number of likely N-dealkylation sites (tertiary alicyclic amines) is 1. The van der Waals surface area contributed by atoms with Crippen molar-refractivity contribution in [3.05, 3.63) is 30.0 Å². The smallest absolute Gasteiger partial charge is 0.236 e. The molecule has 2 aliphatic heterocycles. The summed E-state index contributed by atoms with van der Waals surface area (Å²) < 4.78 is 10.8. The molecule has 0 radical (unpaired) electrons. The molecule has 2 aromatic rings. The quantitative estimate of drug-likeness (QED) is 0.836. The molecule has 1 unspecified atom stereocenters. The van der Waals surface area contributed by atoms with Gasteiger partial charge in [-0.05, 0) is 25.0 Å². The molecule has 1 aromatic carbocycles. The summed E-state index contributed by atoms with van der Waals surface area (Å²) in [7, 11) is 1.62. The van der Waals surface area contributed by atoms with Gasteiger partial charge < -0.3 is 24.3 Å². The lowest BCUT2D eigenvalue weighted by molar-refractivity contribution is -0.140. The average Bonchev–Trinajstić information content (AvgIpc) is 3.10. The maximum absolute atomic E-state index is 12.9.